The Bertz CT molecular complexity index is 736. The van der Waals surface area contributed by atoms with Crippen LogP contribution in [0.4, 0.5) is 0 Å². The molecule has 5 heteroatoms. The third-order valence-electron chi connectivity index (χ3n) is 3.61. The highest BCUT2D eigenvalue weighted by atomic mass is 16.2. The molecule has 1 heterocycles. The van der Waals surface area contributed by atoms with Crippen molar-refractivity contribution in [3.05, 3.63) is 65.5 Å². The summed E-state index contributed by atoms with van der Waals surface area (Å²) in [7, 11) is 0. The lowest BCUT2D eigenvalue weighted by Crippen LogP contribution is -2.41. The molecular formula is C20H25N3O2. The van der Waals surface area contributed by atoms with Crippen LogP contribution < -0.4 is 5.32 Å². The van der Waals surface area contributed by atoms with Crippen LogP contribution in [0.3, 0.4) is 0 Å². The van der Waals surface area contributed by atoms with Crippen molar-refractivity contribution in [1.29, 1.82) is 0 Å². The van der Waals surface area contributed by atoms with Crippen LogP contribution in [0.15, 0.2) is 48.7 Å². The predicted molar refractivity (Wildman–Crippen MR) is 98.3 cm³/mol. The number of aromatic nitrogens is 1. The maximum Gasteiger partial charge on any atom is 0.270 e. The highest BCUT2D eigenvalue weighted by Crippen LogP contribution is 2.11. The average Bonchev–Trinajstić information content (AvgIpc) is 2.58. The van der Waals surface area contributed by atoms with Gasteiger partial charge in [-0.25, -0.2) is 0 Å². The predicted octanol–water partition coefficient (Wildman–Crippen LogP) is 3.27. The average molecular weight is 339 g/mol. The Labute approximate surface area is 149 Å². The van der Waals surface area contributed by atoms with Gasteiger partial charge in [0.1, 0.15) is 5.69 Å². The highest BCUT2D eigenvalue weighted by Gasteiger charge is 2.19. The van der Waals surface area contributed by atoms with E-state index in [1.54, 1.807) is 17.0 Å². The Morgan fingerprint density at radius 2 is 1.80 bits per heavy atom. The fourth-order valence-electron chi connectivity index (χ4n) is 2.41. The van der Waals surface area contributed by atoms with E-state index in [4.69, 9.17) is 0 Å². The number of pyridine rings is 1. The maximum absolute atomic E-state index is 12.8. The van der Waals surface area contributed by atoms with Gasteiger partial charge in [-0.3, -0.25) is 14.6 Å². The number of benzene rings is 1. The number of amides is 2. The lowest BCUT2D eigenvalue weighted by molar-refractivity contribution is 0.0752. The van der Waals surface area contributed by atoms with Gasteiger partial charge < -0.3 is 10.2 Å². The van der Waals surface area contributed by atoms with Crippen molar-refractivity contribution >= 4 is 11.8 Å². The Morgan fingerprint density at radius 1 is 1.12 bits per heavy atom. The van der Waals surface area contributed by atoms with Gasteiger partial charge in [-0.1, -0.05) is 30.3 Å². The van der Waals surface area contributed by atoms with E-state index in [-0.39, 0.29) is 23.0 Å². The van der Waals surface area contributed by atoms with Crippen LogP contribution >= 0.6 is 0 Å². The van der Waals surface area contributed by atoms with Gasteiger partial charge in [0.05, 0.1) is 0 Å². The quantitative estimate of drug-likeness (QED) is 0.909. The van der Waals surface area contributed by atoms with Crippen molar-refractivity contribution in [3.8, 4) is 0 Å². The molecule has 1 N–H and O–H groups in total. The van der Waals surface area contributed by atoms with Gasteiger partial charge >= 0.3 is 0 Å². The summed E-state index contributed by atoms with van der Waals surface area (Å²) in [5, 5.41) is 2.86. The molecule has 0 atom stereocenters. The van der Waals surface area contributed by atoms with Crippen molar-refractivity contribution in [3.63, 3.8) is 0 Å². The largest absolute Gasteiger partial charge is 0.346 e. The minimum absolute atomic E-state index is 0.112. The summed E-state index contributed by atoms with van der Waals surface area (Å²) in [4.78, 5) is 30.9. The first-order valence-corrected chi connectivity index (χ1v) is 8.42. The smallest absolute Gasteiger partial charge is 0.270 e. The molecule has 0 bridgehead atoms. The molecule has 0 fully saturated rings. The highest BCUT2D eigenvalue weighted by molar-refractivity contribution is 5.98. The molecule has 0 saturated heterocycles. The Balaban J connectivity index is 2.17. The molecule has 0 aliphatic carbocycles. The van der Waals surface area contributed by atoms with Gasteiger partial charge in [-0.15, -0.1) is 0 Å². The molecule has 1 aromatic heterocycles. The third kappa shape index (κ3) is 5.41. The Hall–Kier alpha value is -2.69. The second-order valence-corrected chi connectivity index (χ2v) is 6.94. The van der Waals surface area contributed by atoms with Crippen LogP contribution in [0.1, 0.15) is 54.1 Å². The zero-order valence-corrected chi connectivity index (χ0v) is 15.2. The first kappa shape index (κ1) is 18.6. The summed E-state index contributed by atoms with van der Waals surface area (Å²) in [5.41, 5.74) is 1.42. The monoisotopic (exact) mass is 339 g/mol. The minimum Gasteiger partial charge on any atom is -0.346 e. The Morgan fingerprint density at radius 3 is 2.40 bits per heavy atom. The summed E-state index contributed by atoms with van der Waals surface area (Å²) in [5.74, 6) is -0.396. The second kappa shape index (κ2) is 7.92. The number of rotatable bonds is 5. The van der Waals surface area contributed by atoms with Crippen LogP contribution in [0, 0.1) is 0 Å². The molecule has 2 rings (SSSR count). The molecule has 0 spiro atoms. The van der Waals surface area contributed by atoms with E-state index in [0.29, 0.717) is 18.7 Å². The maximum atomic E-state index is 12.8. The molecule has 2 aromatic rings. The number of nitrogens with zero attached hydrogens (tertiary/aromatic N) is 2. The van der Waals surface area contributed by atoms with E-state index in [9.17, 15) is 9.59 Å². The van der Waals surface area contributed by atoms with Crippen LogP contribution in [-0.4, -0.2) is 33.8 Å². The standard InChI is InChI=1S/C20H25N3O2/c1-5-23(14-15-9-7-6-8-10-15)19(25)16-11-12-21-17(13-16)18(24)22-20(2,3)4/h6-13H,5,14H2,1-4H3,(H,22,24). The second-order valence-electron chi connectivity index (χ2n) is 6.94. The van der Waals surface area contributed by atoms with Crippen LogP contribution in [0.5, 0.6) is 0 Å². The summed E-state index contributed by atoms with van der Waals surface area (Å²) in [6.45, 7) is 8.76. The molecule has 1 aromatic carbocycles. The van der Waals surface area contributed by atoms with E-state index in [0.717, 1.165) is 5.56 Å². The van der Waals surface area contributed by atoms with E-state index in [2.05, 4.69) is 10.3 Å². The third-order valence-corrected chi connectivity index (χ3v) is 3.61. The van der Waals surface area contributed by atoms with Crippen LogP contribution in [0.2, 0.25) is 0 Å². The first-order valence-electron chi connectivity index (χ1n) is 8.42. The van der Waals surface area contributed by atoms with E-state index in [1.165, 1.54) is 6.20 Å². The van der Waals surface area contributed by atoms with E-state index >= 15 is 0 Å². The molecule has 132 valence electrons. The molecular weight excluding hydrogens is 314 g/mol. The SMILES string of the molecule is CCN(Cc1ccccc1)C(=O)c1ccnc(C(=O)NC(C)(C)C)c1. The van der Waals surface area contributed by atoms with Crippen molar-refractivity contribution in [1.82, 2.24) is 15.2 Å². The van der Waals surface area contributed by atoms with Crippen LogP contribution in [-0.2, 0) is 6.54 Å². The van der Waals surface area contributed by atoms with Gasteiger partial charge in [-0.2, -0.15) is 0 Å². The lowest BCUT2D eigenvalue weighted by atomic mass is 10.1. The summed E-state index contributed by atoms with van der Waals surface area (Å²) < 4.78 is 0. The summed E-state index contributed by atoms with van der Waals surface area (Å²) in [6, 6.07) is 13.0. The van der Waals surface area contributed by atoms with Crippen molar-refractivity contribution in [2.24, 2.45) is 0 Å². The molecule has 0 radical (unpaired) electrons. The van der Waals surface area contributed by atoms with E-state index in [1.807, 2.05) is 58.0 Å². The van der Waals surface area contributed by atoms with Crippen molar-refractivity contribution < 1.29 is 9.59 Å². The van der Waals surface area contributed by atoms with Gasteiger partial charge in [-0.05, 0) is 45.4 Å². The number of nitrogens with one attached hydrogen (secondary N) is 1. The fraction of sp³-hybridized carbons (Fsp3) is 0.350. The molecule has 0 aliphatic rings. The topological polar surface area (TPSA) is 62.3 Å². The van der Waals surface area contributed by atoms with Crippen molar-refractivity contribution in [2.75, 3.05) is 6.54 Å². The fourth-order valence-corrected chi connectivity index (χ4v) is 2.41. The van der Waals surface area contributed by atoms with Gasteiger partial charge in [0.25, 0.3) is 11.8 Å². The molecule has 25 heavy (non-hydrogen) atoms. The number of carbonyl (C=O) groups excluding carboxylic acids is 2. The zero-order valence-electron chi connectivity index (χ0n) is 15.2. The van der Waals surface area contributed by atoms with Gasteiger partial charge in [0.2, 0.25) is 0 Å². The number of carbonyl (C=O) groups is 2. The summed E-state index contributed by atoms with van der Waals surface area (Å²) in [6.07, 6.45) is 1.50. The van der Waals surface area contributed by atoms with Gasteiger partial charge in [0, 0.05) is 30.4 Å². The van der Waals surface area contributed by atoms with E-state index < -0.39 is 0 Å². The van der Waals surface area contributed by atoms with Crippen LogP contribution in [0.25, 0.3) is 0 Å². The normalized spacial score (nSPS) is 11.0. The summed E-state index contributed by atoms with van der Waals surface area (Å²) >= 11 is 0. The first-order chi connectivity index (χ1) is 11.8. The molecule has 2 amide bonds. The minimum atomic E-state index is -0.360. The van der Waals surface area contributed by atoms with Gasteiger partial charge in [0.15, 0.2) is 0 Å². The van der Waals surface area contributed by atoms with Crippen molar-refractivity contribution in [2.45, 2.75) is 39.8 Å². The zero-order chi connectivity index (χ0) is 18.4. The molecule has 5 nitrogen and oxygen atoms in total. The Kier molecular flexibility index (Phi) is 5.91. The molecule has 0 saturated carbocycles. The number of hydrogen-bond acceptors (Lipinski definition) is 3. The number of hydrogen-bond donors (Lipinski definition) is 1. The molecule has 0 aliphatic heterocycles. The molecule has 0 unspecified atom stereocenters. The lowest BCUT2D eigenvalue weighted by Gasteiger charge is -2.22.